The van der Waals surface area contributed by atoms with Gasteiger partial charge in [-0.25, -0.2) is 9.36 Å². The summed E-state index contributed by atoms with van der Waals surface area (Å²) in [4.78, 5) is 15.2. The summed E-state index contributed by atoms with van der Waals surface area (Å²) in [6, 6.07) is 10.4. The Morgan fingerprint density at radius 2 is 2.12 bits per heavy atom. The van der Waals surface area contributed by atoms with E-state index in [2.05, 4.69) is 33.9 Å². The number of ether oxygens (including phenoxy) is 1. The first-order valence-electron chi connectivity index (χ1n) is 8.64. The number of aliphatic carboxylic acids is 1. The van der Waals surface area contributed by atoms with E-state index in [1.54, 1.807) is 0 Å². The summed E-state index contributed by atoms with van der Waals surface area (Å²) in [5, 5.41) is 12.0. The van der Waals surface area contributed by atoms with Gasteiger partial charge in [0.15, 0.2) is 12.7 Å². The average molecular weight is 335 g/mol. The van der Waals surface area contributed by atoms with Crippen LogP contribution in [0.15, 0.2) is 48.4 Å². The van der Waals surface area contributed by atoms with Crippen LogP contribution >= 0.6 is 0 Å². The zero-order valence-electron chi connectivity index (χ0n) is 13.9. The van der Waals surface area contributed by atoms with Crippen LogP contribution in [0.1, 0.15) is 12.6 Å². The number of aromatic nitrogens is 2. The highest BCUT2D eigenvalue weighted by Crippen LogP contribution is 2.38. The maximum atomic E-state index is 11.7. The van der Waals surface area contributed by atoms with Gasteiger partial charge in [0.2, 0.25) is 5.69 Å². The van der Waals surface area contributed by atoms with Gasteiger partial charge in [0.05, 0.1) is 17.8 Å². The molecule has 2 N–H and O–H groups in total. The minimum atomic E-state index is -0.876. The van der Waals surface area contributed by atoms with E-state index in [0.717, 1.165) is 17.6 Å². The van der Waals surface area contributed by atoms with E-state index in [0.29, 0.717) is 12.0 Å². The standard InChI is InChI=1S/C20H18N2O3/c1-11-15-9-22-7-6-13-12-4-2-3-5-17(12)21-19(13)18(22)8-14(15)16(10-25-11)20(23)24/h2-7,10-11,14-15H,8-9H2,1H3,(H,23,24)/p+1/t11-,14-,15-/m0/s1. The number of pyridine rings is 1. The van der Waals surface area contributed by atoms with Crippen LogP contribution in [-0.2, 0) is 22.5 Å². The molecule has 25 heavy (non-hydrogen) atoms. The van der Waals surface area contributed by atoms with Gasteiger partial charge in [-0.3, -0.25) is 0 Å². The predicted molar refractivity (Wildman–Crippen MR) is 92.9 cm³/mol. The highest BCUT2D eigenvalue weighted by atomic mass is 16.5. The number of nitrogens with one attached hydrogen (secondary N) is 1. The quantitative estimate of drug-likeness (QED) is 0.672. The van der Waals surface area contributed by atoms with Gasteiger partial charge in [-0.1, -0.05) is 18.2 Å². The Hall–Kier alpha value is -2.82. The van der Waals surface area contributed by atoms with Crippen molar-refractivity contribution in [2.24, 2.45) is 11.8 Å². The number of para-hydroxylation sites is 1. The van der Waals surface area contributed by atoms with E-state index in [1.165, 1.54) is 22.7 Å². The molecular formula is C20H19N2O3+. The van der Waals surface area contributed by atoms with Crippen LogP contribution in [0.2, 0.25) is 0 Å². The molecule has 0 saturated carbocycles. The molecule has 126 valence electrons. The lowest BCUT2D eigenvalue weighted by Crippen LogP contribution is -2.53. The number of hydrogen-bond acceptors (Lipinski definition) is 2. The van der Waals surface area contributed by atoms with Gasteiger partial charge in [-0.05, 0) is 13.0 Å². The van der Waals surface area contributed by atoms with E-state index in [1.807, 2.05) is 19.1 Å². The second-order valence-corrected chi connectivity index (χ2v) is 7.07. The zero-order valence-corrected chi connectivity index (χ0v) is 13.9. The molecule has 2 aliphatic rings. The number of rotatable bonds is 1. The molecule has 0 saturated heterocycles. The van der Waals surface area contributed by atoms with Crippen molar-refractivity contribution in [1.29, 1.82) is 0 Å². The molecule has 3 aromatic rings. The zero-order chi connectivity index (χ0) is 17.1. The van der Waals surface area contributed by atoms with Crippen LogP contribution in [-0.4, -0.2) is 22.2 Å². The minimum Gasteiger partial charge on any atom is -0.497 e. The molecule has 2 aromatic heterocycles. The van der Waals surface area contributed by atoms with Gasteiger partial charge >= 0.3 is 5.97 Å². The molecule has 0 fully saturated rings. The summed E-state index contributed by atoms with van der Waals surface area (Å²) in [5.41, 5.74) is 3.80. The second kappa shape index (κ2) is 5.09. The number of carboxylic acids is 1. The number of benzene rings is 1. The maximum absolute atomic E-state index is 11.7. The summed E-state index contributed by atoms with van der Waals surface area (Å²) in [7, 11) is 0. The third kappa shape index (κ3) is 2.02. The summed E-state index contributed by atoms with van der Waals surface area (Å²) in [5.74, 6) is -0.715. The third-order valence-corrected chi connectivity index (χ3v) is 5.80. The van der Waals surface area contributed by atoms with Crippen LogP contribution in [0.5, 0.6) is 0 Å². The Morgan fingerprint density at radius 3 is 2.96 bits per heavy atom. The molecule has 0 unspecified atom stereocenters. The van der Waals surface area contributed by atoms with Crippen LogP contribution in [0.3, 0.4) is 0 Å². The number of hydrogen-bond donors (Lipinski definition) is 2. The summed E-state index contributed by atoms with van der Waals surface area (Å²) < 4.78 is 7.86. The molecule has 3 atom stereocenters. The summed E-state index contributed by atoms with van der Waals surface area (Å²) >= 11 is 0. The van der Waals surface area contributed by atoms with Crippen LogP contribution < -0.4 is 4.57 Å². The highest BCUT2D eigenvalue weighted by molar-refractivity contribution is 6.07. The largest absolute Gasteiger partial charge is 0.497 e. The van der Waals surface area contributed by atoms with Crippen molar-refractivity contribution in [3.8, 4) is 0 Å². The van der Waals surface area contributed by atoms with Crippen molar-refractivity contribution >= 4 is 27.8 Å². The Balaban J connectivity index is 1.71. The number of nitrogens with zero attached hydrogens (tertiary/aromatic N) is 1. The first kappa shape index (κ1) is 14.5. The molecule has 0 aliphatic carbocycles. The molecular weight excluding hydrogens is 316 g/mol. The Bertz CT molecular complexity index is 1050. The van der Waals surface area contributed by atoms with E-state index in [9.17, 15) is 9.90 Å². The first-order chi connectivity index (χ1) is 12.1. The van der Waals surface area contributed by atoms with Crippen molar-refractivity contribution in [2.45, 2.75) is 26.0 Å². The lowest BCUT2D eigenvalue weighted by molar-refractivity contribution is -0.717. The summed E-state index contributed by atoms with van der Waals surface area (Å²) in [6.07, 6.45) is 4.31. The van der Waals surface area contributed by atoms with E-state index >= 15 is 0 Å². The molecule has 0 bridgehead atoms. The predicted octanol–water partition coefficient (Wildman–Crippen LogP) is 2.78. The molecule has 0 radical (unpaired) electrons. The van der Waals surface area contributed by atoms with Crippen molar-refractivity contribution in [1.82, 2.24) is 4.98 Å². The monoisotopic (exact) mass is 335 g/mol. The first-order valence-corrected chi connectivity index (χ1v) is 8.64. The van der Waals surface area contributed by atoms with Gasteiger partial charge in [0, 0.05) is 34.7 Å². The molecule has 5 rings (SSSR count). The number of aromatic amines is 1. The van der Waals surface area contributed by atoms with Crippen LogP contribution in [0.25, 0.3) is 21.8 Å². The van der Waals surface area contributed by atoms with Crippen LogP contribution in [0, 0.1) is 11.8 Å². The number of carboxylic acid groups (broad SMARTS) is 1. The number of fused-ring (bicyclic) bond motifs is 6. The van der Waals surface area contributed by atoms with Crippen molar-refractivity contribution in [3.05, 3.63) is 54.1 Å². The van der Waals surface area contributed by atoms with Gasteiger partial charge in [-0.15, -0.1) is 0 Å². The fraction of sp³-hybridized carbons (Fsp3) is 0.300. The summed E-state index contributed by atoms with van der Waals surface area (Å²) in [6.45, 7) is 2.80. The van der Waals surface area contributed by atoms with Gasteiger partial charge in [-0.2, -0.15) is 0 Å². The van der Waals surface area contributed by atoms with E-state index in [4.69, 9.17) is 4.74 Å². The minimum absolute atomic E-state index is 0.0155. The average Bonchev–Trinajstić information content (AvgIpc) is 3.00. The van der Waals surface area contributed by atoms with Gasteiger partial charge < -0.3 is 14.8 Å². The molecule has 2 aliphatic heterocycles. The van der Waals surface area contributed by atoms with E-state index < -0.39 is 5.97 Å². The molecule has 4 heterocycles. The number of H-pyrrole nitrogens is 1. The van der Waals surface area contributed by atoms with Crippen LogP contribution in [0.4, 0.5) is 0 Å². The fourth-order valence-electron chi connectivity index (χ4n) is 4.46. The smallest absolute Gasteiger partial charge is 0.335 e. The molecule has 5 heteroatoms. The normalized spacial score (nSPS) is 25.2. The maximum Gasteiger partial charge on any atom is 0.335 e. The SMILES string of the molecule is C[C@@H]1OC=C(C(=O)O)[C@H]2Cc3c4[nH]c5ccccc5c4cc[n+]3C[C@@H]12. The fourth-order valence-corrected chi connectivity index (χ4v) is 4.46. The molecule has 1 aromatic carbocycles. The molecule has 5 nitrogen and oxygen atoms in total. The van der Waals surface area contributed by atoms with Gasteiger partial charge in [0.1, 0.15) is 11.6 Å². The van der Waals surface area contributed by atoms with Gasteiger partial charge in [0.25, 0.3) is 0 Å². The Labute approximate surface area is 144 Å². The second-order valence-electron chi connectivity index (χ2n) is 7.07. The Kier molecular flexibility index (Phi) is 2.95. The topological polar surface area (TPSA) is 66.2 Å². The Morgan fingerprint density at radius 1 is 1.28 bits per heavy atom. The van der Waals surface area contributed by atoms with Crippen molar-refractivity contribution in [3.63, 3.8) is 0 Å². The van der Waals surface area contributed by atoms with E-state index in [-0.39, 0.29) is 17.9 Å². The lowest BCUT2D eigenvalue weighted by atomic mass is 9.76. The number of carbonyl (C=O) groups is 1. The molecule has 0 spiro atoms. The van der Waals surface area contributed by atoms with Crippen molar-refractivity contribution < 1.29 is 19.2 Å². The van der Waals surface area contributed by atoms with Crippen molar-refractivity contribution in [2.75, 3.05) is 0 Å². The molecule has 0 amide bonds. The highest BCUT2D eigenvalue weighted by Gasteiger charge is 2.45. The lowest BCUT2D eigenvalue weighted by Gasteiger charge is -2.36. The third-order valence-electron chi connectivity index (χ3n) is 5.80.